The second kappa shape index (κ2) is 8.10. The molecule has 9 nitrogen and oxygen atoms in total. The first-order valence-electron chi connectivity index (χ1n) is 9.97. The monoisotopic (exact) mass is 409 g/mol. The standard InChI is InChI=1S/C21H23N5O4/c1-13(2)22-19(27)17-12-26(24-23-17)15-7-5-9-25(11-15)20(28)16-10-14-6-3-4-8-18(14)30-21(16)29/h3-4,6,8,10,12-13,15H,5,7,9,11H2,1-2H3,(H,22,27). The van der Waals surface area contributed by atoms with E-state index in [0.29, 0.717) is 24.1 Å². The fourth-order valence-corrected chi connectivity index (χ4v) is 3.63. The van der Waals surface area contributed by atoms with Crippen molar-refractivity contribution in [2.45, 2.75) is 38.8 Å². The van der Waals surface area contributed by atoms with Gasteiger partial charge in [0.2, 0.25) is 0 Å². The van der Waals surface area contributed by atoms with Gasteiger partial charge in [0.25, 0.3) is 11.8 Å². The second-order valence-electron chi connectivity index (χ2n) is 7.74. The van der Waals surface area contributed by atoms with E-state index < -0.39 is 5.63 Å². The van der Waals surface area contributed by atoms with Gasteiger partial charge in [-0.25, -0.2) is 9.48 Å². The van der Waals surface area contributed by atoms with Gasteiger partial charge < -0.3 is 14.6 Å². The number of para-hydroxylation sites is 1. The molecule has 1 aromatic carbocycles. The summed E-state index contributed by atoms with van der Waals surface area (Å²) in [6.45, 7) is 4.66. The van der Waals surface area contributed by atoms with Crippen LogP contribution >= 0.6 is 0 Å². The first-order chi connectivity index (χ1) is 14.4. The predicted octanol–water partition coefficient (Wildman–Crippen LogP) is 2.00. The van der Waals surface area contributed by atoms with Gasteiger partial charge in [-0.15, -0.1) is 5.10 Å². The molecule has 3 heterocycles. The van der Waals surface area contributed by atoms with Gasteiger partial charge in [0.1, 0.15) is 11.1 Å². The number of fused-ring (bicyclic) bond motifs is 1. The summed E-state index contributed by atoms with van der Waals surface area (Å²) in [6, 6.07) is 8.55. The van der Waals surface area contributed by atoms with Crippen molar-refractivity contribution >= 4 is 22.8 Å². The molecule has 1 aliphatic heterocycles. The van der Waals surface area contributed by atoms with Gasteiger partial charge in [-0.1, -0.05) is 23.4 Å². The van der Waals surface area contributed by atoms with Crippen LogP contribution in [0.1, 0.15) is 53.6 Å². The van der Waals surface area contributed by atoms with Crippen molar-refractivity contribution in [1.82, 2.24) is 25.2 Å². The number of amides is 2. The Labute approximate surface area is 172 Å². The third kappa shape index (κ3) is 3.96. The lowest BCUT2D eigenvalue weighted by Crippen LogP contribution is -2.42. The smallest absolute Gasteiger partial charge is 0.349 e. The van der Waals surface area contributed by atoms with Crippen LogP contribution in [-0.4, -0.2) is 50.8 Å². The number of benzene rings is 1. The summed E-state index contributed by atoms with van der Waals surface area (Å²) in [4.78, 5) is 39.1. The summed E-state index contributed by atoms with van der Waals surface area (Å²) in [6.07, 6.45) is 3.15. The zero-order chi connectivity index (χ0) is 21.3. The Bertz CT molecular complexity index is 1150. The first-order valence-corrected chi connectivity index (χ1v) is 9.97. The number of hydrogen-bond donors (Lipinski definition) is 1. The lowest BCUT2D eigenvalue weighted by molar-refractivity contribution is 0.0667. The lowest BCUT2D eigenvalue weighted by Gasteiger charge is -2.32. The molecule has 2 amide bonds. The van der Waals surface area contributed by atoms with Crippen LogP contribution in [0.25, 0.3) is 11.0 Å². The Balaban J connectivity index is 1.52. The van der Waals surface area contributed by atoms with Crippen molar-refractivity contribution in [3.8, 4) is 0 Å². The molecule has 1 atom stereocenters. The Kier molecular flexibility index (Phi) is 5.35. The molecule has 0 bridgehead atoms. The number of carbonyl (C=O) groups is 2. The minimum atomic E-state index is -0.644. The summed E-state index contributed by atoms with van der Waals surface area (Å²) >= 11 is 0. The average molecular weight is 409 g/mol. The van der Waals surface area contributed by atoms with E-state index in [1.165, 1.54) is 0 Å². The summed E-state index contributed by atoms with van der Waals surface area (Å²) < 4.78 is 6.93. The molecule has 0 saturated carbocycles. The van der Waals surface area contributed by atoms with Crippen molar-refractivity contribution < 1.29 is 14.0 Å². The van der Waals surface area contributed by atoms with E-state index in [-0.39, 0.29) is 35.2 Å². The first kappa shape index (κ1) is 19.8. The van der Waals surface area contributed by atoms with Gasteiger partial charge in [-0.2, -0.15) is 0 Å². The van der Waals surface area contributed by atoms with Gasteiger partial charge in [-0.3, -0.25) is 9.59 Å². The van der Waals surface area contributed by atoms with Gasteiger partial charge in [0.15, 0.2) is 5.69 Å². The number of piperidine rings is 1. The maximum Gasteiger partial charge on any atom is 0.349 e. The SMILES string of the molecule is CC(C)NC(=O)c1cn(C2CCCN(C(=O)c3cc4ccccc4oc3=O)C2)nn1. The van der Waals surface area contributed by atoms with Crippen molar-refractivity contribution in [3.05, 3.63) is 58.2 Å². The molecule has 3 aromatic rings. The molecule has 0 aliphatic carbocycles. The summed E-state index contributed by atoms with van der Waals surface area (Å²) in [5.41, 5.74) is 0.0619. The summed E-state index contributed by atoms with van der Waals surface area (Å²) in [7, 11) is 0. The molecular formula is C21H23N5O4. The van der Waals surface area contributed by atoms with Crippen LogP contribution in [0.3, 0.4) is 0 Å². The molecule has 1 unspecified atom stereocenters. The third-order valence-corrected chi connectivity index (χ3v) is 5.09. The van der Waals surface area contributed by atoms with Gasteiger partial charge >= 0.3 is 5.63 Å². The molecule has 1 saturated heterocycles. The number of aromatic nitrogens is 3. The number of rotatable bonds is 4. The molecule has 156 valence electrons. The minimum Gasteiger partial charge on any atom is -0.422 e. The maximum absolute atomic E-state index is 13.0. The maximum atomic E-state index is 13.0. The second-order valence-corrected chi connectivity index (χ2v) is 7.74. The van der Waals surface area contributed by atoms with E-state index in [4.69, 9.17) is 4.42 Å². The normalized spacial score (nSPS) is 16.8. The molecule has 1 fully saturated rings. The highest BCUT2D eigenvalue weighted by Crippen LogP contribution is 2.23. The summed E-state index contributed by atoms with van der Waals surface area (Å²) in [5, 5.41) is 11.5. The fourth-order valence-electron chi connectivity index (χ4n) is 3.63. The molecule has 30 heavy (non-hydrogen) atoms. The van der Waals surface area contributed by atoms with Crippen LogP contribution in [0, 0.1) is 0 Å². The topological polar surface area (TPSA) is 110 Å². The Hall–Kier alpha value is -3.49. The zero-order valence-electron chi connectivity index (χ0n) is 16.9. The molecule has 4 rings (SSSR count). The number of nitrogens with one attached hydrogen (secondary N) is 1. The molecule has 0 spiro atoms. The molecule has 1 N–H and O–H groups in total. The van der Waals surface area contributed by atoms with Crippen LogP contribution in [0.4, 0.5) is 0 Å². The quantitative estimate of drug-likeness (QED) is 0.660. The average Bonchev–Trinajstić information content (AvgIpc) is 3.23. The van der Waals surface area contributed by atoms with E-state index in [9.17, 15) is 14.4 Å². The summed E-state index contributed by atoms with van der Waals surface area (Å²) in [5.74, 6) is -0.647. The molecule has 2 aromatic heterocycles. The van der Waals surface area contributed by atoms with Gasteiger partial charge in [0, 0.05) is 24.5 Å². The Morgan fingerprint density at radius 2 is 2.07 bits per heavy atom. The van der Waals surface area contributed by atoms with Gasteiger partial charge in [0.05, 0.1) is 12.2 Å². The number of nitrogens with zero attached hydrogens (tertiary/aromatic N) is 4. The molecule has 9 heteroatoms. The van der Waals surface area contributed by atoms with Crippen molar-refractivity contribution in [2.24, 2.45) is 0 Å². The highest BCUT2D eigenvalue weighted by atomic mass is 16.4. The lowest BCUT2D eigenvalue weighted by atomic mass is 10.0. The molecule has 0 radical (unpaired) electrons. The van der Waals surface area contributed by atoms with E-state index in [1.54, 1.807) is 40.0 Å². The molecular weight excluding hydrogens is 386 g/mol. The zero-order valence-corrected chi connectivity index (χ0v) is 16.9. The van der Waals surface area contributed by atoms with Crippen molar-refractivity contribution in [2.75, 3.05) is 13.1 Å². The fraction of sp³-hybridized carbons (Fsp3) is 0.381. The Morgan fingerprint density at radius 1 is 1.27 bits per heavy atom. The van der Waals surface area contributed by atoms with E-state index >= 15 is 0 Å². The van der Waals surface area contributed by atoms with Crippen LogP contribution in [0.2, 0.25) is 0 Å². The van der Waals surface area contributed by atoms with E-state index in [0.717, 1.165) is 12.8 Å². The Morgan fingerprint density at radius 3 is 2.87 bits per heavy atom. The van der Waals surface area contributed by atoms with E-state index in [1.807, 2.05) is 19.9 Å². The largest absolute Gasteiger partial charge is 0.422 e. The van der Waals surface area contributed by atoms with Crippen molar-refractivity contribution in [3.63, 3.8) is 0 Å². The van der Waals surface area contributed by atoms with Crippen LogP contribution < -0.4 is 10.9 Å². The number of likely N-dealkylation sites (tertiary alicyclic amines) is 1. The van der Waals surface area contributed by atoms with Crippen LogP contribution in [-0.2, 0) is 0 Å². The van der Waals surface area contributed by atoms with E-state index in [2.05, 4.69) is 15.6 Å². The number of carbonyl (C=O) groups excluding carboxylic acids is 2. The number of hydrogen-bond acceptors (Lipinski definition) is 6. The van der Waals surface area contributed by atoms with Crippen LogP contribution in [0.15, 0.2) is 45.7 Å². The minimum absolute atomic E-state index is 0.000835. The highest BCUT2D eigenvalue weighted by Gasteiger charge is 2.28. The van der Waals surface area contributed by atoms with Crippen molar-refractivity contribution in [1.29, 1.82) is 0 Å². The highest BCUT2D eigenvalue weighted by molar-refractivity contribution is 5.96. The molecule has 1 aliphatic rings. The third-order valence-electron chi connectivity index (χ3n) is 5.09. The van der Waals surface area contributed by atoms with Gasteiger partial charge in [-0.05, 0) is 38.8 Å². The predicted molar refractivity (Wildman–Crippen MR) is 109 cm³/mol. The van der Waals surface area contributed by atoms with Crippen LogP contribution in [0.5, 0.6) is 0 Å².